The van der Waals surface area contributed by atoms with Gasteiger partial charge in [-0.05, 0) is 49.6 Å². The van der Waals surface area contributed by atoms with Gasteiger partial charge in [0.15, 0.2) is 0 Å². The number of nitrogens with one attached hydrogen (secondary N) is 2. The van der Waals surface area contributed by atoms with Crippen LogP contribution in [-0.4, -0.2) is 42.5 Å². The van der Waals surface area contributed by atoms with E-state index in [4.69, 9.17) is 21.1 Å². The molecule has 4 rings (SSSR count). The zero-order valence-electron chi connectivity index (χ0n) is 17.5. The Morgan fingerprint density at radius 1 is 1.16 bits per heavy atom. The fraction of sp³-hybridized carbons (Fsp3) is 0.333. The van der Waals surface area contributed by atoms with Crippen LogP contribution in [0.1, 0.15) is 35.7 Å². The number of aromatic nitrogens is 2. The third-order valence-corrected chi connectivity index (χ3v) is 6.08. The molecular weight excluding hydrogens is 414 g/mol. The molecule has 6 nitrogen and oxygen atoms in total. The fourth-order valence-electron chi connectivity index (χ4n) is 4.04. The van der Waals surface area contributed by atoms with Crippen molar-refractivity contribution in [1.29, 1.82) is 0 Å². The number of nitrogens with zero attached hydrogens (tertiary/aromatic N) is 1. The van der Waals surface area contributed by atoms with Gasteiger partial charge in [0.1, 0.15) is 5.75 Å². The van der Waals surface area contributed by atoms with Gasteiger partial charge < -0.3 is 14.8 Å². The van der Waals surface area contributed by atoms with Crippen molar-refractivity contribution in [2.24, 2.45) is 0 Å². The number of ether oxygens (including phenoxy) is 2. The van der Waals surface area contributed by atoms with Gasteiger partial charge in [0.05, 0.1) is 24.1 Å². The Hall–Kier alpha value is -2.83. The van der Waals surface area contributed by atoms with Crippen molar-refractivity contribution >= 4 is 17.5 Å². The Morgan fingerprint density at radius 3 is 2.55 bits per heavy atom. The molecular formula is C24H26ClN3O3. The Balaban J connectivity index is 1.52. The van der Waals surface area contributed by atoms with Crippen molar-refractivity contribution in [2.75, 3.05) is 26.4 Å². The highest BCUT2D eigenvalue weighted by Crippen LogP contribution is 2.35. The third kappa shape index (κ3) is 4.75. The molecule has 2 heterocycles. The van der Waals surface area contributed by atoms with Crippen molar-refractivity contribution in [2.45, 2.75) is 25.2 Å². The number of carbonyl (C=O) groups excluding carboxylic acids is 1. The number of amides is 1. The zero-order chi connectivity index (χ0) is 21.7. The normalized spacial score (nSPS) is 15.4. The Kier molecular flexibility index (Phi) is 6.59. The molecule has 1 fully saturated rings. The lowest BCUT2D eigenvalue weighted by atomic mass is 9.74. The molecule has 0 atom stereocenters. The standard InChI is InChI=1S/C24H26ClN3O3/c1-2-31-20-9-5-18(6-10-20)24(11-13-30-14-12-24)16-26-23(29)21-15-27-28-22(21)17-3-7-19(25)8-4-17/h3-10,15H,2,11-14,16H2,1H3,(H,26,29)(H,27,28). The molecule has 1 aromatic heterocycles. The highest BCUT2D eigenvalue weighted by Gasteiger charge is 2.35. The predicted octanol–water partition coefficient (Wildman–Crippen LogP) is 4.61. The number of halogens is 1. The second-order valence-electron chi connectivity index (χ2n) is 7.70. The number of benzene rings is 2. The monoisotopic (exact) mass is 439 g/mol. The first-order chi connectivity index (χ1) is 15.1. The summed E-state index contributed by atoms with van der Waals surface area (Å²) in [5, 5.41) is 10.8. The summed E-state index contributed by atoms with van der Waals surface area (Å²) in [5.74, 6) is 0.694. The minimum Gasteiger partial charge on any atom is -0.494 e. The molecule has 0 spiro atoms. The smallest absolute Gasteiger partial charge is 0.255 e. The van der Waals surface area contributed by atoms with Gasteiger partial charge in [0, 0.05) is 35.8 Å². The van der Waals surface area contributed by atoms with Gasteiger partial charge in [-0.25, -0.2) is 0 Å². The molecule has 0 radical (unpaired) electrons. The van der Waals surface area contributed by atoms with Crippen LogP contribution in [0, 0.1) is 0 Å². The average Bonchev–Trinajstić information content (AvgIpc) is 3.29. The molecule has 0 unspecified atom stereocenters. The van der Waals surface area contributed by atoms with Gasteiger partial charge in [-0.15, -0.1) is 0 Å². The minimum absolute atomic E-state index is 0.157. The summed E-state index contributed by atoms with van der Waals surface area (Å²) in [5.41, 5.74) is 3.06. The van der Waals surface area contributed by atoms with Crippen molar-refractivity contribution in [3.8, 4) is 17.0 Å². The van der Waals surface area contributed by atoms with E-state index in [1.165, 1.54) is 5.56 Å². The average molecular weight is 440 g/mol. The van der Waals surface area contributed by atoms with Crippen LogP contribution in [0.3, 0.4) is 0 Å². The molecule has 1 aliphatic heterocycles. The second-order valence-corrected chi connectivity index (χ2v) is 8.13. The number of aromatic amines is 1. The topological polar surface area (TPSA) is 76.2 Å². The third-order valence-electron chi connectivity index (χ3n) is 5.83. The summed E-state index contributed by atoms with van der Waals surface area (Å²) in [4.78, 5) is 13.1. The summed E-state index contributed by atoms with van der Waals surface area (Å²) in [6.45, 7) is 4.47. The van der Waals surface area contributed by atoms with Crippen LogP contribution in [0.4, 0.5) is 0 Å². The SMILES string of the molecule is CCOc1ccc(C2(CNC(=O)c3cn[nH]c3-c3ccc(Cl)cc3)CCOCC2)cc1. The van der Waals surface area contributed by atoms with Crippen LogP contribution < -0.4 is 10.1 Å². The van der Waals surface area contributed by atoms with Crippen molar-refractivity contribution in [3.05, 3.63) is 70.9 Å². The van der Waals surface area contributed by atoms with E-state index in [9.17, 15) is 4.79 Å². The van der Waals surface area contributed by atoms with Gasteiger partial charge in [-0.3, -0.25) is 9.89 Å². The largest absolute Gasteiger partial charge is 0.494 e. The predicted molar refractivity (Wildman–Crippen MR) is 121 cm³/mol. The van der Waals surface area contributed by atoms with Gasteiger partial charge >= 0.3 is 0 Å². The van der Waals surface area contributed by atoms with E-state index < -0.39 is 0 Å². The maximum atomic E-state index is 13.1. The summed E-state index contributed by atoms with van der Waals surface area (Å²) in [6.07, 6.45) is 3.25. The summed E-state index contributed by atoms with van der Waals surface area (Å²) >= 11 is 5.99. The lowest BCUT2D eigenvalue weighted by molar-refractivity contribution is 0.0487. The molecule has 0 bridgehead atoms. The van der Waals surface area contributed by atoms with Gasteiger partial charge in [0.2, 0.25) is 0 Å². The number of rotatable bonds is 7. The summed E-state index contributed by atoms with van der Waals surface area (Å²) < 4.78 is 11.2. The lowest BCUT2D eigenvalue weighted by Gasteiger charge is -2.38. The molecule has 2 N–H and O–H groups in total. The first kappa shape index (κ1) is 21.4. The number of hydrogen-bond donors (Lipinski definition) is 2. The van der Waals surface area contributed by atoms with E-state index in [-0.39, 0.29) is 11.3 Å². The van der Waals surface area contributed by atoms with E-state index in [2.05, 4.69) is 27.6 Å². The first-order valence-electron chi connectivity index (χ1n) is 10.5. The van der Waals surface area contributed by atoms with Crippen LogP contribution >= 0.6 is 11.6 Å². The second kappa shape index (κ2) is 9.54. The molecule has 3 aromatic rings. The van der Waals surface area contributed by atoms with Crippen LogP contribution in [0.2, 0.25) is 5.02 Å². The number of H-pyrrole nitrogens is 1. The highest BCUT2D eigenvalue weighted by molar-refractivity contribution is 6.30. The number of carbonyl (C=O) groups is 1. The molecule has 1 aliphatic rings. The van der Waals surface area contributed by atoms with Crippen molar-refractivity contribution in [3.63, 3.8) is 0 Å². The van der Waals surface area contributed by atoms with Gasteiger partial charge in [0.25, 0.3) is 5.91 Å². The van der Waals surface area contributed by atoms with Gasteiger partial charge in [-0.2, -0.15) is 5.10 Å². The summed E-state index contributed by atoms with van der Waals surface area (Å²) in [6, 6.07) is 15.5. The zero-order valence-corrected chi connectivity index (χ0v) is 18.2. The Morgan fingerprint density at radius 2 is 1.87 bits per heavy atom. The molecule has 2 aromatic carbocycles. The summed E-state index contributed by atoms with van der Waals surface area (Å²) in [7, 11) is 0. The fourth-order valence-corrected chi connectivity index (χ4v) is 4.17. The van der Waals surface area contributed by atoms with E-state index in [0.717, 1.165) is 24.2 Å². The lowest BCUT2D eigenvalue weighted by Crippen LogP contribution is -2.44. The maximum absolute atomic E-state index is 13.1. The molecule has 0 aliphatic carbocycles. The molecule has 31 heavy (non-hydrogen) atoms. The van der Waals surface area contributed by atoms with E-state index in [1.807, 2.05) is 31.2 Å². The van der Waals surface area contributed by atoms with Crippen LogP contribution in [0.25, 0.3) is 11.3 Å². The maximum Gasteiger partial charge on any atom is 0.255 e. The van der Waals surface area contributed by atoms with Crippen molar-refractivity contribution in [1.82, 2.24) is 15.5 Å². The van der Waals surface area contributed by atoms with E-state index in [0.29, 0.717) is 42.6 Å². The molecule has 7 heteroatoms. The van der Waals surface area contributed by atoms with Crippen LogP contribution in [0.5, 0.6) is 5.75 Å². The molecule has 1 saturated heterocycles. The highest BCUT2D eigenvalue weighted by atomic mass is 35.5. The van der Waals surface area contributed by atoms with E-state index >= 15 is 0 Å². The van der Waals surface area contributed by atoms with E-state index in [1.54, 1.807) is 18.3 Å². The van der Waals surface area contributed by atoms with Crippen LogP contribution in [-0.2, 0) is 10.2 Å². The first-order valence-corrected chi connectivity index (χ1v) is 10.9. The Bertz CT molecular complexity index is 1010. The quantitative estimate of drug-likeness (QED) is 0.563. The van der Waals surface area contributed by atoms with Crippen molar-refractivity contribution < 1.29 is 14.3 Å². The Labute approximate surface area is 186 Å². The number of hydrogen-bond acceptors (Lipinski definition) is 4. The van der Waals surface area contributed by atoms with Crippen LogP contribution in [0.15, 0.2) is 54.7 Å². The van der Waals surface area contributed by atoms with Gasteiger partial charge in [-0.1, -0.05) is 35.9 Å². The molecule has 1 amide bonds. The molecule has 162 valence electrons. The minimum atomic E-state index is -0.178. The molecule has 0 saturated carbocycles.